The fraction of sp³-hybridized carbons (Fsp3) is 0.235. The molecule has 4 heteroatoms. The first kappa shape index (κ1) is 13.9. The molecule has 0 amide bonds. The molecule has 2 aromatic carbocycles. The molecule has 1 N–H and O–H groups in total. The summed E-state index contributed by atoms with van der Waals surface area (Å²) in [6.07, 6.45) is 0.196. The van der Waals surface area contributed by atoms with E-state index in [-0.39, 0.29) is 6.10 Å². The molecule has 0 bridgehead atoms. The number of nitrogens with one attached hydrogen (secondary N) is 1. The van der Waals surface area contributed by atoms with Crippen LogP contribution in [-0.2, 0) is 6.54 Å². The minimum atomic E-state index is 0.196. The molecule has 3 nitrogen and oxygen atoms in total. The van der Waals surface area contributed by atoms with Crippen molar-refractivity contribution < 1.29 is 4.74 Å². The van der Waals surface area contributed by atoms with Gasteiger partial charge in [0.05, 0.1) is 21.8 Å². The van der Waals surface area contributed by atoms with Gasteiger partial charge in [-0.1, -0.05) is 12.1 Å². The van der Waals surface area contributed by atoms with Crippen LogP contribution in [0.1, 0.15) is 19.4 Å². The fourth-order valence-corrected chi connectivity index (χ4v) is 2.89. The number of aromatic nitrogens is 1. The highest BCUT2D eigenvalue weighted by molar-refractivity contribution is 7.16. The van der Waals surface area contributed by atoms with Gasteiger partial charge in [-0.15, -0.1) is 11.3 Å². The smallest absolute Gasteiger partial charge is 0.120 e. The van der Waals surface area contributed by atoms with Crippen LogP contribution in [0.5, 0.6) is 5.75 Å². The largest absolute Gasteiger partial charge is 0.491 e. The van der Waals surface area contributed by atoms with Crippen LogP contribution in [0.3, 0.4) is 0 Å². The molecule has 0 saturated carbocycles. The second-order valence-corrected chi connectivity index (χ2v) is 6.09. The summed E-state index contributed by atoms with van der Waals surface area (Å²) in [6.45, 7) is 4.85. The van der Waals surface area contributed by atoms with E-state index in [0.29, 0.717) is 0 Å². The molecule has 1 aromatic heterocycles. The lowest BCUT2D eigenvalue weighted by Gasteiger charge is -2.11. The highest BCUT2D eigenvalue weighted by Gasteiger charge is 2.01. The van der Waals surface area contributed by atoms with Gasteiger partial charge in [0.15, 0.2) is 0 Å². The van der Waals surface area contributed by atoms with Gasteiger partial charge in [0, 0.05) is 12.2 Å². The first-order chi connectivity index (χ1) is 10.2. The topological polar surface area (TPSA) is 34.1 Å². The van der Waals surface area contributed by atoms with E-state index < -0.39 is 0 Å². The van der Waals surface area contributed by atoms with E-state index in [1.165, 1.54) is 10.3 Å². The number of nitrogens with zero attached hydrogens (tertiary/aromatic N) is 1. The fourth-order valence-electron chi connectivity index (χ4n) is 2.17. The van der Waals surface area contributed by atoms with Crippen LogP contribution in [0.4, 0.5) is 5.69 Å². The Morgan fingerprint density at radius 1 is 1.19 bits per heavy atom. The summed E-state index contributed by atoms with van der Waals surface area (Å²) in [6, 6.07) is 14.5. The van der Waals surface area contributed by atoms with E-state index in [2.05, 4.69) is 34.6 Å². The van der Waals surface area contributed by atoms with Crippen molar-refractivity contribution in [2.75, 3.05) is 5.32 Å². The Balaban J connectivity index is 1.69. The summed E-state index contributed by atoms with van der Waals surface area (Å²) in [4.78, 5) is 4.29. The number of rotatable bonds is 5. The summed E-state index contributed by atoms with van der Waals surface area (Å²) in [5.74, 6) is 0.919. The summed E-state index contributed by atoms with van der Waals surface area (Å²) in [5.41, 5.74) is 5.25. The number of fused-ring (bicyclic) bond motifs is 1. The Morgan fingerprint density at radius 2 is 2.10 bits per heavy atom. The molecule has 3 aromatic rings. The number of anilines is 1. The van der Waals surface area contributed by atoms with Gasteiger partial charge < -0.3 is 10.1 Å². The molecule has 0 aliphatic heterocycles. The van der Waals surface area contributed by atoms with Crippen molar-refractivity contribution in [3.05, 3.63) is 53.5 Å². The lowest BCUT2D eigenvalue weighted by molar-refractivity contribution is 0.242. The zero-order chi connectivity index (χ0) is 14.7. The molecule has 0 unspecified atom stereocenters. The van der Waals surface area contributed by atoms with Crippen LogP contribution < -0.4 is 10.1 Å². The van der Waals surface area contributed by atoms with Crippen molar-refractivity contribution in [2.45, 2.75) is 26.5 Å². The van der Waals surface area contributed by atoms with E-state index in [9.17, 15) is 0 Å². The summed E-state index contributed by atoms with van der Waals surface area (Å²) < 4.78 is 6.93. The molecule has 0 fully saturated rings. The van der Waals surface area contributed by atoms with Crippen LogP contribution in [0.25, 0.3) is 10.2 Å². The maximum absolute atomic E-state index is 5.72. The number of hydrogen-bond acceptors (Lipinski definition) is 4. The predicted octanol–water partition coefficient (Wildman–Crippen LogP) is 4.70. The highest BCUT2D eigenvalue weighted by atomic mass is 32.1. The first-order valence-corrected chi connectivity index (χ1v) is 7.91. The SMILES string of the molecule is CC(C)Oc1cccc(CNc2ccc3ncsc3c2)c1. The lowest BCUT2D eigenvalue weighted by atomic mass is 10.2. The number of hydrogen-bond donors (Lipinski definition) is 1. The van der Waals surface area contributed by atoms with Crippen LogP contribution in [0.15, 0.2) is 48.0 Å². The van der Waals surface area contributed by atoms with Gasteiger partial charge in [-0.2, -0.15) is 0 Å². The maximum atomic E-state index is 5.72. The van der Waals surface area contributed by atoms with Crippen molar-refractivity contribution in [1.29, 1.82) is 0 Å². The van der Waals surface area contributed by atoms with Crippen molar-refractivity contribution in [3.8, 4) is 5.75 Å². The van der Waals surface area contributed by atoms with E-state index in [1.807, 2.05) is 37.6 Å². The normalized spacial score (nSPS) is 11.0. The molecule has 108 valence electrons. The van der Waals surface area contributed by atoms with E-state index in [1.54, 1.807) is 11.3 Å². The second kappa shape index (κ2) is 6.14. The molecule has 0 saturated heterocycles. The average Bonchev–Trinajstić information content (AvgIpc) is 2.92. The second-order valence-electron chi connectivity index (χ2n) is 5.20. The third kappa shape index (κ3) is 3.52. The highest BCUT2D eigenvalue weighted by Crippen LogP contribution is 2.22. The maximum Gasteiger partial charge on any atom is 0.120 e. The molecule has 1 heterocycles. The summed E-state index contributed by atoms with van der Waals surface area (Å²) >= 11 is 1.66. The van der Waals surface area contributed by atoms with Crippen molar-refractivity contribution in [2.24, 2.45) is 0 Å². The minimum Gasteiger partial charge on any atom is -0.491 e. The van der Waals surface area contributed by atoms with Gasteiger partial charge in [-0.05, 0) is 49.7 Å². The Labute approximate surface area is 128 Å². The number of benzene rings is 2. The van der Waals surface area contributed by atoms with Crippen LogP contribution in [0, 0.1) is 0 Å². The minimum absolute atomic E-state index is 0.196. The third-order valence-electron chi connectivity index (χ3n) is 3.10. The van der Waals surface area contributed by atoms with Crippen LogP contribution >= 0.6 is 11.3 Å². The van der Waals surface area contributed by atoms with E-state index in [4.69, 9.17) is 4.74 Å². The molecule has 0 aliphatic carbocycles. The molecule has 0 spiro atoms. The molecular weight excluding hydrogens is 280 g/mol. The molecular formula is C17H18N2OS. The Kier molecular flexibility index (Phi) is 4.06. The van der Waals surface area contributed by atoms with Crippen molar-refractivity contribution >= 4 is 27.2 Å². The first-order valence-electron chi connectivity index (χ1n) is 7.03. The van der Waals surface area contributed by atoms with Gasteiger partial charge in [-0.3, -0.25) is 0 Å². The van der Waals surface area contributed by atoms with Crippen LogP contribution in [-0.4, -0.2) is 11.1 Å². The number of ether oxygens (including phenoxy) is 1. The molecule has 21 heavy (non-hydrogen) atoms. The van der Waals surface area contributed by atoms with Gasteiger partial charge in [0.2, 0.25) is 0 Å². The zero-order valence-corrected chi connectivity index (χ0v) is 13.0. The zero-order valence-electron chi connectivity index (χ0n) is 12.2. The number of thiazole rings is 1. The van der Waals surface area contributed by atoms with Crippen LogP contribution in [0.2, 0.25) is 0 Å². The Morgan fingerprint density at radius 3 is 2.95 bits per heavy atom. The Bertz CT molecular complexity index is 736. The van der Waals surface area contributed by atoms with E-state index >= 15 is 0 Å². The van der Waals surface area contributed by atoms with E-state index in [0.717, 1.165) is 23.5 Å². The standard InChI is InChI=1S/C17H18N2OS/c1-12(2)20-15-5-3-4-13(8-15)10-18-14-6-7-16-17(9-14)21-11-19-16/h3-9,11-12,18H,10H2,1-2H3. The Hall–Kier alpha value is -2.07. The van der Waals surface area contributed by atoms with Gasteiger partial charge in [0.25, 0.3) is 0 Å². The average molecular weight is 298 g/mol. The molecule has 0 atom stereocenters. The van der Waals surface area contributed by atoms with Gasteiger partial charge in [-0.25, -0.2) is 4.98 Å². The quantitative estimate of drug-likeness (QED) is 0.741. The molecule has 0 radical (unpaired) electrons. The van der Waals surface area contributed by atoms with Gasteiger partial charge >= 0.3 is 0 Å². The molecule has 0 aliphatic rings. The van der Waals surface area contributed by atoms with Gasteiger partial charge in [0.1, 0.15) is 5.75 Å². The monoisotopic (exact) mass is 298 g/mol. The summed E-state index contributed by atoms with van der Waals surface area (Å²) in [7, 11) is 0. The van der Waals surface area contributed by atoms with Crippen molar-refractivity contribution in [3.63, 3.8) is 0 Å². The lowest BCUT2D eigenvalue weighted by Crippen LogP contribution is -2.06. The predicted molar refractivity (Wildman–Crippen MR) is 89.2 cm³/mol. The molecule has 3 rings (SSSR count). The van der Waals surface area contributed by atoms with Crippen molar-refractivity contribution in [1.82, 2.24) is 4.98 Å². The summed E-state index contributed by atoms with van der Waals surface area (Å²) in [5, 5.41) is 3.45. The third-order valence-corrected chi connectivity index (χ3v) is 3.89.